The maximum atomic E-state index is 12.2. The van der Waals surface area contributed by atoms with Gasteiger partial charge in [-0.3, -0.25) is 9.59 Å². The molecule has 0 bridgehead atoms. The summed E-state index contributed by atoms with van der Waals surface area (Å²) in [5, 5.41) is 0. The predicted octanol–water partition coefficient (Wildman–Crippen LogP) is 12.0. The van der Waals surface area contributed by atoms with Gasteiger partial charge in [-0.05, 0) is 50.4 Å². The smallest absolute Gasteiger partial charge is 0.308 e. The minimum Gasteiger partial charge on any atom is -0.465 e. The highest BCUT2D eigenvalue weighted by Gasteiger charge is 2.18. The lowest BCUT2D eigenvalue weighted by molar-refractivity contribution is -0.150. The average molecular weight is 595 g/mol. The zero-order chi connectivity index (χ0) is 31.3. The van der Waals surface area contributed by atoms with Crippen molar-refractivity contribution in [3.05, 3.63) is 0 Å². The van der Waals surface area contributed by atoms with Gasteiger partial charge >= 0.3 is 11.9 Å². The molecular weight excluding hydrogens is 520 g/mol. The van der Waals surface area contributed by atoms with Gasteiger partial charge in [-0.2, -0.15) is 0 Å². The largest absolute Gasteiger partial charge is 0.465 e. The molecule has 0 aliphatic rings. The number of carbonyl (C=O) groups excluding carboxylic acids is 2. The molecule has 250 valence electrons. The van der Waals surface area contributed by atoms with E-state index in [1.54, 1.807) is 0 Å². The molecule has 0 rings (SSSR count). The summed E-state index contributed by atoms with van der Waals surface area (Å²) in [5.41, 5.74) is 0. The van der Waals surface area contributed by atoms with Gasteiger partial charge < -0.3 is 9.47 Å². The van der Waals surface area contributed by atoms with Crippen LogP contribution in [-0.2, 0) is 19.1 Å². The first kappa shape index (κ1) is 40.9. The molecule has 0 aliphatic carbocycles. The highest BCUT2D eigenvalue weighted by molar-refractivity contribution is 5.72. The van der Waals surface area contributed by atoms with Crippen LogP contribution in [0, 0.1) is 23.7 Å². The molecule has 42 heavy (non-hydrogen) atoms. The highest BCUT2D eigenvalue weighted by Crippen LogP contribution is 2.22. The Morgan fingerprint density at radius 2 is 0.738 bits per heavy atom. The summed E-state index contributed by atoms with van der Waals surface area (Å²) in [6.07, 6.45) is 28.7. The molecule has 0 aromatic heterocycles. The Balaban J connectivity index is 3.55. The van der Waals surface area contributed by atoms with Crippen molar-refractivity contribution in [1.82, 2.24) is 0 Å². The highest BCUT2D eigenvalue weighted by atomic mass is 16.5. The number of rotatable bonds is 31. The van der Waals surface area contributed by atoms with E-state index < -0.39 is 0 Å². The third-order valence-corrected chi connectivity index (χ3v) is 9.28. The fraction of sp³-hybridized carbons (Fsp3) is 0.947. The summed E-state index contributed by atoms with van der Waals surface area (Å²) in [7, 11) is 0. The van der Waals surface area contributed by atoms with Crippen molar-refractivity contribution < 1.29 is 19.1 Å². The fourth-order valence-electron chi connectivity index (χ4n) is 5.98. The molecule has 0 saturated carbocycles. The fourth-order valence-corrected chi connectivity index (χ4v) is 5.98. The molecule has 0 amide bonds. The topological polar surface area (TPSA) is 52.6 Å². The van der Waals surface area contributed by atoms with Gasteiger partial charge in [-0.15, -0.1) is 0 Å². The zero-order valence-electron chi connectivity index (χ0n) is 29.3. The SMILES string of the molecule is CCCCC(CC)C(=O)OCCCCCCCC(C)CCCCC(C)CCCCCCCOC(=O)C(CC)CCCC. The molecule has 0 spiro atoms. The van der Waals surface area contributed by atoms with Crippen LogP contribution >= 0.6 is 0 Å². The van der Waals surface area contributed by atoms with Crippen molar-refractivity contribution in [3.8, 4) is 0 Å². The van der Waals surface area contributed by atoms with Crippen LogP contribution in [0.4, 0.5) is 0 Å². The van der Waals surface area contributed by atoms with Crippen LogP contribution in [0.15, 0.2) is 0 Å². The Labute approximate surface area is 263 Å². The number of hydrogen-bond donors (Lipinski definition) is 0. The van der Waals surface area contributed by atoms with E-state index in [0.717, 1.165) is 76.0 Å². The van der Waals surface area contributed by atoms with E-state index >= 15 is 0 Å². The van der Waals surface area contributed by atoms with Gasteiger partial charge in [0.05, 0.1) is 25.0 Å². The molecule has 0 heterocycles. The van der Waals surface area contributed by atoms with Gasteiger partial charge in [0.25, 0.3) is 0 Å². The van der Waals surface area contributed by atoms with Crippen LogP contribution in [-0.4, -0.2) is 25.2 Å². The monoisotopic (exact) mass is 595 g/mol. The lowest BCUT2D eigenvalue weighted by Crippen LogP contribution is -2.17. The van der Waals surface area contributed by atoms with Crippen molar-refractivity contribution in [2.24, 2.45) is 23.7 Å². The molecule has 0 aromatic rings. The first-order valence-corrected chi connectivity index (χ1v) is 18.7. The summed E-state index contributed by atoms with van der Waals surface area (Å²) in [4.78, 5) is 24.3. The first-order chi connectivity index (χ1) is 20.4. The average Bonchev–Trinajstić information content (AvgIpc) is 2.98. The standard InChI is InChI=1S/C38H74O4/c1-7-11-29-35(9-3)37(39)41-31-23-17-13-15-19-25-33(5)27-21-22-28-34(6)26-20-16-14-18-24-32-42-38(40)36(10-4)30-12-8-2/h33-36H,7-32H2,1-6H3. The van der Waals surface area contributed by atoms with E-state index in [4.69, 9.17) is 9.47 Å². The Hall–Kier alpha value is -1.06. The summed E-state index contributed by atoms with van der Waals surface area (Å²) < 4.78 is 11.1. The second-order valence-electron chi connectivity index (χ2n) is 13.4. The molecule has 4 unspecified atom stereocenters. The third-order valence-electron chi connectivity index (χ3n) is 9.28. The second kappa shape index (κ2) is 30.0. The van der Waals surface area contributed by atoms with Gasteiger partial charge in [0.1, 0.15) is 0 Å². The number of carbonyl (C=O) groups is 2. The molecule has 0 N–H and O–H groups in total. The van der Waals surface area contributed by atoms with Crippen LogP contribution in [0.2, 0.25) is 0 Å². The molecule has 0 aliphatic heterocycles. The third kappa shape index (κ3) is 24.4. The predicted molar refractivity (Wildman–Crippen MR) is 181 cm³/mol. The molecule has 4 atom stereocenters. The summed E-state index contributed by atoms with van der Waals surface area (Å²) >= 11 is 0. The van der Waals surface area contributed by atoms with Gasteiger partial charge in [-0.1, -0.05) is 157 Å². The Morgan fingerprint density at radius 3 is 1.07 bits per heavy atom. The second-order valence-corrected chi connectivity index (χ2v) is 13.4. The van der Waals surface area contributed by atoms with Gasteiger partial charge in [0.15, 0.2) is 0 Å². The van der Waals surface area contributed by atoms with E-state index in [2.05, 4.69) is 41.5 Å². The minimum atomic E-state index is 0.0277. The van der Waals surface area contributed by atoms with Gasteiger partial charge in [0.2, 0.25) is 0 Å². The van der Waals surface area contributed by atoms with Crippen molar-refractivity contribution in [3.63, 3.8) is 0 Å². The van der Waals surface area contributed by atoms with Crippen LogP contribution < -0.4 is 0 Å². The van der Waals surface area contributed by atoms with Crippen LogP contribution in [0.5, 0.6) is 0 Å². The molecular formula is C38H74O4. The summed E-state index contributed by atoms with van der Waals surface area (Å²) in [6.45, 7) is 14.6. The summed E-state index contributed by atoms with van der Waals surface area (Å²) in [6, 6.07) is 0. The van der Waals surface area contributed by atoms with E-state index in [9.17, 15) is 9.59 Å². The van der Waals surface area contributed by atoms with Crippen LogP contribution in [0.1, 0.15) is 196 Å². The molecule has 0 fully saturated rings. The lowest BCUT2D eigenvalue weighted by Gasteiger charge is -2.14. The van der Waals surface area contributed by atoms with Crippen molar-refractivity contribution in [2.45, 2.75) is 196 Å². The van der Waals surface area contributed by atoms with E-state index in [1.807, 2.05) is 0 Å². The molecule has 4 nitrogen and oxygen atoms in total. The number of unbranched alkanes of at least 4 members (excludes halogenated alkanes) is 11. The van der Waals surface area contributed by atoms with E-state index in [-0.39, 0.29) is 23.8 Å². The lowest BCUT2D eigenvalue weighted by atomic mass is 9.93. The molecule has 0 aromatic carbocycles. The zero-order valence-corrected chi connectivity index (χ0v) is 29.3. The maximum Gasteiger partial charge on any atom is 0.308 e. The van der Waals surface area contributed by atoms with Crippen molar-refractivity contribution >= 4 is 11.9 Å². The quantitative estimate of drug-likeness (QED) is 0.0591. The van der Waals surface area contributed by atoms with Crippen molar-refractivity contribution in [2.75, 3.05) is 13.2 Å². The normalized spacial score (nSPS) is 14.3. The Bertz CT molecular complexity index is 552. The van der Waals surface area contributed by atoms with E-state index in [0.29, 0.717) is 13.2 Å². The molecule has 0 radical (unpaired) electrons. The maximum absolute atomic E-state index is 12.2. The Morgan fingerprint density at radius 1 is 0.429 bits per heavy atom. The summed E-state index contributed by atoms with van der Waals surface area (Å²) in [5.74, 6) is 1.96. The van der Waals surface area contributed by atoms with E-state index in [1.165, 1.54) is 89.9 Å². The van der Waals surface area contributed by atoms with Gasteiger partial charge in [-0.25, -0.2) is 0 Å². The number of esters is 2. The van der Waals surface area contributed by atoms with Crippen molar-refractivity contribution in [1.29, 1.82) is 0 Å². The van der Waals surface area contributed by atoms with Gasteiger partial charge in [0, 0.05) is 0 Å². The van der Waals surface area contributed by atoms with Crippen LogP contribution in [0.3, 0.4) is 0 Å². The minimum absolute atomic E-state index is 0.0277. The first-order valence-electron chi connectivity index (χ1n) is 18.7. The number of hydrogen-bond acceptors (Lipinski definition) is 4. The number of ether oxygens (including phenoxy) is 2. The van der Waals surface area contributed by atoms with Crippen LogP contribution in [0.25, 0.3) is 0 Å². The molecule has 4 heteroatoms. The molecule has 0 saturated heterocycles. The Kier molecular flexibility index (Phi) is 29.2.